The molecule has 3 nitrogen and oxygen atoms in total. The Balaban J connectivity index is 2.30. The maximum absolute atomic E-state index is 11.4. The zero-order chi connectivity index (χ0) is 11.7. The standard InChI is InChI=1S/C11H10Cl2O3/c1-15-11(14)10-5-8(13)7-4-6(12)2-3-9(7)16-10/h2-4,8,10H,5H2,1H3/t8-,10+/m1/s1. The lowest BCUT2D eigenvalue weighted by Gasteiger charge is -2.27. The van der Waals surface area contributed by atoms with Crippen molar-refractivity contribution in [2.24, 2.45) is 0 Å². The fourth-order valence-electron chi connectivity index (χ4n) is 1.66. The molecule has 0 spiro atoms. The minimum Gasteiger partial charge on any atom is -0.478 e. The molecule has 0 amide bonds. The number of fused-ring (bicyclic) bond motifs is 1. The van der Waals surface area contributed by atoms with Crippen LogP contribution in [0.5, 0.6) is 5.75 Å². The Morgan fingerprint density at radius 2 is 2.31 bits per heavy atom. The molecule has 0 aliphatic carbocycles. The molecule has 5 heteroatoms. The summed E-state index contributed by atoms with van der Waals surface area (Å²) in [5, 5.41) is 0.316. The molecule has 16 heavy (non-hydrogen) atoms. The molecule has 1 aliphatic rings. The van der Waals surface area contributed by atoms with Crippen LogP contribution in [-0.4, -0.2) is 19.2 Å². The van der Waals surface area contributed by atoms with Gasteiger partial charge in [0.25, 0.3) is 0 Å². The third-order valence-electron chi connectivity index (χ3n) is 2.46. The molecule has 0 N–H and O–H groups in total. The lowest BCUT2D eigenvalue weighted by atomic mass is 10.0. The summed E-state index contributed by atoms with van der Waals surface area (Å²) in [5.74, 6) is 0.178. The predicted molar refractivity (Wildman–Crippen MR) is 61.1 cm³/mol. The minimum absolute atomic E-state index is 0.286. The summed E-state index contributed by atoms with van der Waals surface area (Å²) in [5.41, 5.74) is 0.814. The zero-order valence-corrected chi connectivity index (χ0v) is 10.1. The number of rotatable bonds is 1. The highest BCUT2D eigenvalue weighted by Crippen LogP contribution is 2.40. The van der Waals surface area contributed by atoms with Gasteiger partial charge in [-0.1, -0.05) is 11.6 Å². The molecule has 0 unspecified atom stereocenters. The SMILES string of the molecule is COC(=O)[C@@H]1C[C@@H](Cl)c2cc(Cl)ccc2O1. The number of carbonyl (C=O) groups is 1. The number of hydrogen-bond acceptors (Lipinski definition) is 3. The smallest absolute Gasteiger partial charge is 0.347 e. The van der Waals surface area contributed by atoms with Crippen LogP contribution in [0.2, 0.25) is 5.02 Å². The van der Waals surface area contributed by atoms with Crippen LogP contribution >= 0.6 is 23.2 Å². The van der Waals surface area contributed by atoms with E-state index in [4.69, 9.17) is 27.9 Å². The van der Waals surface area contributed by atoms with E-state index < -0.39 is 12.1 Å². The summed E-state index contributed by atoms with van der Waals surface area (Å²) in [6, 6.07) is 5.16. The van der Waals surface area contributed by atoms with Crippen LogP contribution in [0.1, 0.15) is 17.4 Å². The second kappa shape index (κ2) is 4.52. The van der Waals surface area contributed by atoms with Gasteiger partial charge in [-0.3, -0.25) is 0 Å². The zero-order valence-electron chi connectivity index (χ0n) is 8.57. The van der Waals surface area contributed by atoms with E-state index in [1.165, 1.54) is 7.11 Å². The van der Waals surface area contributed by atoms with E-state index in [2.05, 4.69) is 4.74 Å². The van der Waals surface area contributed by atoms with Gasteiger partial charge in [-0.2, -0.15) is 0 Å². The summed E-state index contributed by atoms with van der Waals surface area (Å²) < 4.78 is 10.1. The van der Waals surface area contributed by atoms with Gasteiger partial charge < -0.3 is 9.47 Å². The van der Waals surface area contributed by atoms with E-state index >= 15 is 0 Å². The van der Waals surface area contributed by atoms with Crippen LogP contribution in [0.4, 0.5) is 0 Å². The van der Waals surface area contributed by atoms with Gasteiger partial charge in [0, 0.05) is 17.0 Å². The van der Waals surface area contributed by atoms with Crippen LogP contribution in [-0.2, 0) is 9.53 Å². The largest absolute Gasteiger partial charge is 0.478 e. The first kappa shape index (κ1) is 11.6. The first-order valence-electron chi connectivity index (χ1n) is 4.80. The fourth-order valence-corrected chi connectivity index (χ4v) is 2.18. The lowest BCUT2D eigenvalue weighted by molar-refractivity contribution is -0.149. The summed E-state index contributed by atoms with van der Waals surface area (Å²) >= 11 is 12.0. The fraction of sp³-hybridized carbons (Fsp3) is 0.364. The topological polar surface area (TPSA) is 35.5 Å². The molecule has 2 rings (SSSR count). The van der Waals surface area contributed by atoms with Gasteiger partial charge in [-0.25, -0.2) is 4.79 Å². The highest BCUT2D eigenvalue weighted by atomic mass is 35.5. The number of carbonyl (C=O) groups excluding carboxylic acids is 1. The quantitative estimate of drug-likeness (QED) is 0.576. The van der Waals surface area contributed by atoms with Crippen molar-refractivity contribution in [2.75, 3.05) is 7.11 Å². The summed E-state index contributed by atoms with van der Waals surface area (Å²) in [4.78, 5) is 11.4. The monoisotopic (exact) mass is 260 g/mol. The Labute approximate surface area is 103 Å². The van der Waals surface area contributed by atoms with Crippen molar-refractivity contribution in [1.82, 2.24) is 0 Å². The number of alkyl halides is 1. The highest BCUT2D eigenvalue weighted by Gasteiger charge is 2.32. The van der Waals surface area contributed by atoms with Crippen molar-refractivity contribution in [3.8, 4) is 5.75 Å². The van der Waals surface area contributed by atoms with E-state index in [1.807, 2.05) is 0 Å². The van der Waals surface area contributed by atoms with E-state index in [9.17, 15) is 4.79 Å². The second-order valence-corrected chi connectivity index (χ2v) is 4.48. The average Bonchev–Trinajstić information content (AvgIpc) is 2.28. The van der Waals surface area contributed by atoms with Crippen molar-refractivity contribution in [1.29, 1.82) is 0 Å². The molecule has 86 valence electrons. The van der Waals surface area contributed by atoms with Crippen molar-refractivity contribution >= 4 is 29.2 Å². The molecular formula is C11H10Cl2O3. The molecule has 0 aromatic heterocycles. The van der Waals surface area contributed by atoms with Gasteiger partial charge in [-0.05, 0) is 18.2 Å². The molecule has 0 saturated carbocycles. The normalized spacial score (nSPS) is 23.2. The van der Waals surface area contributed by atoms with Gasteiger partial charge in [0.1, 0.15) is 5.75 Å². The van der Waals surface area contributed by atoms with Gasteiger partial charge in [0.2, 0.25) is 0 Å². The Morgan fingerprint density at radius 3 is 3.00 bits per heavy atom. The van der Waals surface area contributed by atoms with Crippen molar-refractivity contribution in [3.63, 3.8) is 0 Å². The predicted octanol–water partition coefficient (Wildman–Crippen LogP) is 2.94. The Hall–Kier alpha value is -0.930. The lowest BCUT2D eigenvalue weighted by Crippen LogP contribution is -2.32. The third-order valence-corrected chi connectivity index (χ3v) is 3.11. The van der Waals surface area contributed by atoms with Gasteiger partial charge in [-0.15, -0.1) is 11.6 Å². The highest BCUT2D eigenvalue weighted by molar-refractivity contribution is 6.31. The molecule has 1 heterocycles. The second-order valence-electron chi connectivity index (χ2n) is 3.52. The van der Waals surface area contributed by atoms with Crippen molar-refractivity contribution in [2.45, 2.75) is 17.9 Å². The Morgan fingerprint density at radius 1 is 1.56 bits per heavy atom. The van der Waals surface area contributed by atoms with Crippen LogP contribution in [0, 0.1) is 0 Å². The number of benzene rings is 1. The molecule has 1 aromatic carbocycles. The first-order valence-corrected chi connectivity index (χ1v) is 5.61. The molecule has 0 bridgehead atoms. The molecular weight excluding hydrogens is 251 g/mol. The number of hydrogen-bond donors (Lipinski definition) is 0. The van der Waals surface area contributed by atoms with E-state index in [-0.39, 0.29) is 5.38 Å². The molecule has 1 aromatic rings. The van der Waals surface area contributed by atoms with Gasteiger partial charge >= 0.3 is 5.97 Å². The Kier molecular flexibility index (Phi) is 3.26. The summed E-state index contributed by atoms with van der Waals surface area (Å²) in [6.07, 6.45) is -0.247. The third kappa shape index (κ3) is 2.11. The van der Waals surface area contributed by atoms with Crippen LogP contribution in [0.15, 0.2) is 18.2 Å². The number of ether oxygens (including phenoxy) is 2. The number of halogens is 2. The minimum atomic E-state index is -0.638. The number of esters is 1. The summed E-state index contributed by atoms with van der Waals surface area (Å²) in [7, 11) is 1.33. The maximum Gasteiger partial charge on any atom is 0.347 e. The molecule has 0 fully saturated rings. The van der Waals surface area contributed by atoms with E-state index in [0.29, 0.717) is 17.2 Å². The maximum atomic E-state index is 11.4. The van der Waals surface area contributed by atoms with Crippen LogP contribution < -0.4 is 4.74 Å². The van der Waals surface area contributed by atoms with Crippen molar-refractivity contribution in [3.05, 3.63) is 28.8 Å². The van der Waals surface area contributed by atoms with E-state index in [0.717, 1.165) is 5.56 Å². The molecule has 1 aliphatic heterocycles. The van der Waals surface area contributed by atoms with Gasteiger partial charge in [0.15, 0.2) is 6.10 Å². The average molecular weight is 261 g/mol. The van der Waals surface area contributed by atoms with E-state index in [1.54, 1.807) is 18.2 Å². The van der Waals surface area contributed by atoms with Crippen LogP contribution in [0.3, 0.4) is 0 Å². The molecule has 0 saturated heterocycles. The Bertz CT molecular complexity index is 420. The molecule has 2 atom stereocenters. The van der Waals surface area contributed by atoms with Crippen LogP contribution in [0.25, 0.3) is 0 Å². The summed E-state index contributed by atoms with van der Waals surface area (Å²) in [6.45, 7) is 0. The van der Waals surface area contributed by atoms with Gasteiger partial charge in [0.05, 0.1) is 12.5 Å². The first-order chi connectivity index (χ1) is 7.61. The van der Waals surface area contributed by atoms with Crippen molar-refractivity contribution < 1.29 is 14.3 Å². The molecule has 0 radical (unpaired) electrons. The number of methoxy groups -OCH3 is 1.